The van der Waals surface area contributed by atoms with Crippen molar-refractivity contribution in [3.8, 4) is 11.5 Å². The summed E-state index contributed by atoms with van der Waals surface area (Å²) in [6.07, 6.45) is 4.75. The van der Waals surface area contributed by atoms with Gasteiger partial charge in [-0.25, -0.2) is 4.99 Å². The molecule has 1 unspecified atom stereocenters. The number of amidine groups is 1. The molecule has 31 heavy (non-hydrogen) atoms. The summed E-state index contributed by atoms with van der Waals surface area (Å²) in [7, 11) is 0. The minimum atomic E-state index is -0.116. The Morgan fingerprint density at radius 1 is 1.19 bits per heavy atom. The summed E-state index contributed by atoms with van der Waals surface area (Å²) < 4.78 is 11.8. The van der Waals surface area contributed by atoms with Crippen LogP contribution in [0.4, 0.5) is 5.69 Å². The molecule has 162 valence electrons. The molecular weight excluding hydrogens is 414 g/mol. The molecule has 6 nitrogen and oxygen atoms in total. The van der Waals surface area contributed by atoms with E-state index >= 15 is 0 Å². The predicted molar refractivity (Wildman–Crippen MR) is 120 cm³/mol. The van der Waals surface area contributed by atoms with Crippen molar-refractivity contribution in [1.29, 1.82) is 0 Å². The van der Waals surface area contributed by atoms with Gasteiger partial charge in [0.25, 0.3) is 0 Å². The maximum atomic E-state index is 12.5. The third kappa shape index (κ3) is 4.55. The monoisotopic (exact) mass is 439 g/mol. The Bertz CT molecular complexity index is 1000. The predicted octanol–water partition coefficient (Wildman–Crippen LogP) is 4.67. The van der Waals surface area contributed by atoms with Gasteiger partial charge in [0, 0.05) is 30.7 Å². The molecule has 2 aromatic rings. The Morgan fingerprint density at radius 2 is 2.03 bits per heavy atom. The Labute approximate surface area is 187 Å². The number of nitrogens with one attached hydrogen (secondary N) is 1. The summed E-state index contributed by atoms with van der Waals surface area (Å²) in [4.78, 5) is 19.6. The number of fused-ring (bicyclic) bond motifs is 2. The standard InChI is InChI=1S/C24H26ClN3O3/c25-16-9-10-22-20(13-16)27-24(19-7-3-4-8-21(19)31-22)28-12-11-26-17(15-28)14-23(29)30-18-5-1-2-6-18/h3-4,7-10,13,17-18,26H,1-2,5-6,11-12,14-15H2. The van der Waals surface area contributed by atoms with Gasteiger partial charge < -0.3 is 19.7 Å². The lowest BCUT2D eigenvalue weighted by atomic mass is 10.1. The highest BCUT2D eigenvalue weighted by Crippen LogP contribution is 2.39. The quantitative estimate of drug-likeness (QED) is 0.704. The summed E-state index contributed by atoms with van der Waals surface area (Å²) in [5.74, 6) is 2.17. The highest BCUT2D eigenvalue weighted by Gasteiger charge is 2.29. The van der Waals surface area contributed by atoms with Gasteiger partial charge in [0.2, 0.25) is 0 Å². The number of rotatable bonds is 3. The molecule has 2 aliphatic heterocycles. The molecule has 1 saturated carbocycles. The van der Waals surface area contributed by atoms with E-state index in [-0.39, 0.29) is 18.1 Å². The first-order valence-electron chi connectivity index (χ1n) is 11.0. The van der Waals surface area contributed by atoms with E-state index in [1.54, 1.807) is 6.07 Å². The van der Waals surface area contributed by atoms with Gasteiger partial charge in [-0.3, -0.25) is 4.79 Å². The van der Waals surface area contributed by atoms with Crippen LogP contribution in [0.25, 0.3) is 0 Å². The fourth-order valence-corrected chi connectivity index (χ4v) is 4.70. The number of benzene rings is 2. The van der Waals surface area contributed by atoms with Crippen molar-refractivity contribution < 1.29 is 14.3 Å². The molecule has 7 heteroatoms. The van der Waals surface area contributed by atoms with Gasteiger partial charge in [-0.1, -0.05) is 23.7 Å². The van der Waals surface area contributed by atoms with E-state index in [0.29, 0.717) is 29.4 Å². The van der Waals surface area contributed by atoms with Crippen LogP contribution in [-0.4, -0.2) is 48.5 Å². The SMILES string of the molecule is O=C(CC1CN(C2=Nc3cc(Cl)ccc3Oc3ccccc32)CCN1)OC1CCCC1. The Morgan fingerprint density at radius 3 is 2.90 bits per heavy atom. The van der Waals surface area contributed by atoms with Gasteiger partial charge >= 0.3 is 5.97 Å². The highest BCUT2D eigenvalue weighted by atomic mass is 35.5. The smallest absolute Gasteiger partial charge is 0.307 e. The van der Waals surface area contributed by atoms with Gasteiger partial charge in [0.05, 0.1) is 12.0 Å². The average Bonchev–Trinajstić information content (AvgIpc) is 3.21. The summed E-state index contributed by atoms with van der Waals surface area (Å²) in [6.45, 7) is 2.23. The van der Waals surface area contributed by atoms with Crippen molar-refractivity contribution in [3.63, 3.8) is 0 Å². The second-order valence-electron chi connectivity index (χ2n) is 8.34. The molecule has 1 saturated heterocycles. The third-order valence-corrected chi connectivity index (χ3v) is 6.30. The molecule has 5 rings (SSSR count). The number of para-hydroxylation sites is 1. The summed E-state index contributed by atoms with van der Waals surface area (Å²) in [5.41, 5.74) is 1.64. The van der Waals surface area contributed by atoms with Crippen LogP contribution in [0.5, 0.6) is 11.5 Å². The molecule has 0 amide bonds. The Kier molecular flexibility index (Phi) is 5.83. The second kappa shape index (κ2) is 8.89. The number of esters is 1. The average molecular weight is 440 g/mol. The van der Waals surface area contributed by atoms with Gasteiger partial charge in [0.1, 0.15) is 23.4 Å². The minimum absolute atomic E-state index is 0.0144. The first-order valence-corrected chi connectivity index (χ1v) is 11.4. The number of aliphatic imine (C=N–C) groups is 1. The third-order valence-electron chi connectivity index (χ3n) is 6.06. The van der Waals surface area contributed by atoms with Crippen LogP contribution in [0.3, 0.4) is 0 Å². The van der Waals surface area contributed by atoms with E-state index in [4.69, 9.17) is 26.1 Å². The van der Waals surface area contributed by atoms with Crippen molar-refractivity contribution in [3.05, 3.63) is 53.1 Å². The van der Waals surface area contributed by atoms with Gasteiger partial charge in [-0.15, -0.1) is 0 Å². The Hall–Kier alpha value is -2.57. The largest absolute Gasteiger partial charge is 0.462 e. The summed E-state index contributed by atoms with van der Waals surface area (Å²) in [5, 5.41) is 4.08. The maximum absolute atomic E-state index is 12.5. The first-order chi connectivity index (χ1) is 15.2. The van der Waals surface area contributed by atoms with Crippen LogP contribution in [0.2, 0.25) is 5.02 Å². The second-order valence-corrected chi connectivity index (χ2v) is 8.78. The molecule has 0 aromatic heterocycles. The molecule has 1 atom stereocenters. The molecule has 2 aromatic carbocycles. The lowest BCUT2D eigenvalue weighted by Crippen LogP contribution is -2.53. The molecule has 1 aliphatic carbocycles. The minimum Gasteiger partial charge on any atom is -0.462 e. The zero-order valence-corrected chi connectivity index (χ0v) is 18.1. The van der Waals surface area contributed by atoms with Gasteiger partial charge in [-0.05, 0) is 56.0 Å². The Balaban J connectivity index is 1.38. The molecule has 2 heterocycles. The van der Waals surface area contributed by atoms with Crippen molar-refractivity contribution in [1.82, 2.24) is 10.2 Å². The number of piperazine rings is 1. The van der Waals surface area contributed by atoms with E-state index < -0.39 is 0 Å². The topological polar surface area (TPSA) is 63.2 Å². The first kappa shape index (κ1) is 20.3. The van der Waals surface area contributed by atoms with Crippen LogP contribution in [0.1, 0.15) is 37.7 Å². The number of nitrogens with zero attached hydrogens (tertiary/aromatic N) is 2. The van der Waals surface area contributed by atoms with Crippen molar-refractivity contribution in [2.45, 2.75) is 44.2 Å². The zero-order valence-electron chi connectivity index (χ0n) is 17.4. The number of halogens is 1. The zero-order chi connectivity index (χ0) is 21.2. The summed E-state index contributed by atoms with van der Waals surface area (Å²) in [6, 6.07) is 13.4. The lowest BCUT2D eigenvalue weighted by molar-refractivity contribution is -0.149. The molecule has 1 N–H and O–H groups in total. The van der Waals surface area contributed by atoms with Crippen LogP contribution in [-0.2, 0) is 9.53 Å². The van der Waals surface area contributed by atoms with E-state index in [0.717, 1.165) is 55.9 Å². The van der Waals surface area contributed by atoms with E-state index in [1.165, 1.54) is 0 Å². The van der Waals surface area contributed by atoms with E-state index in [9.17, 15) is 4.79 Å². The molecule has 0 spiro atoms. The molecular formula is C24H26ClN3O3. The molecule has 3 aliphatic rings. The highest BCUT2D eigenvalue weighted by molar-refractivity contribution is 6.31. The van der Waals surface area contributed by atoms with Crippen LogP contribution >= 0.6 is 11.6 Å². The number of ether oxygens (including phenoxy) is 2. The van der Waals surface area contributed by atoms with Crippen molar-refractivity contribution >= 4 is 29.1 Å². The number of hydrogen-bond acceptors (Lipinski definition) is 6. The maximum Gasteiger partial charge on any atom is 0.307 e. The number of carbonyl (C=O) groups is 1. The number of carbonyl (C=O) groups excluding carboxylic acids is 1. The number of hydrogen-bond donors (Lipinski definition) is 1. The van der Waals surface area contributed by atoms with Gasteiger partial charge in [-0.2, -0.15) is 0 Å². The van der Waals surface area contributed by atoms with Crippen LogP contribution in [0.15, 0.2) is 47.5 Å². The molecule has 0 radical (unpaired) electrons. The van der Waals surface area contributed by atoms with Crippen molar-refractivity contribution in [2.24, 2.45) is 4.99 Å². The van der Waals surface area contributed by atoms with Crippen LogP contribution in [0, 0.1) is 0 Å². The lowest BCUT2D eigenvalue weighted by Gasteiger charge is -2.35. The van der Waals surface area contributed by atoms with Crippen molar-refractivity contribution in [2.75, 3.05) is 19.6 Å². The fourth-order valence-electron chi connectivity index (χ4n) is 4.53. The van der Waals surface area contributed by atoms with E-state index in [1.807, 2.05) is 36.4 Å². The van der Waals surface area contributed by atoms with Crippen LogP contribution < -0.4 is 10.1 Å². The molecule has 0 bridgehead atoms. The molecule has 2 fully saturated rings. The van der Waals surface area contributed by atoms with E-state index in [2.05, 4.69) is 10.2 Å². The summed E-state index contributed by atoms with van der Waals surface area (Å²) >= 11 is 6.23. The normalized spacial score (nSPS) is 20.9. The fraction of sp³-hybridized carbons (Fsp3) is 0.417. The van der Waals surface area contributed by atoms with Gasteiger partial charge in [0.15, 0.2) is 5.75 Å².